The van der Waals surface area contributed by atoms with Gasteiger partial charge in [-0.3, -0.25) is 0 Å². The fraction of sp³-hybridized carbons (Fsp3) is 0.368. The largest absolute Gasteiger partial charge is 0.367 e. The van der Waals surface area contributed by atoms with Crippen LogP contribution in [0, 0.1) is 0 Å². The van der Waals surface area contributed by atoms with E-state index in [1.807, 2.05) is 6.07 Å². The van der Waals surface area contributed by atoms with E-state index < -0.39 is 0 Å². The smallest absolute Gasteiger partial charge is 0.108 e. The van der Waals surface area contributed by atoms with E-state index in [1.54, 1.807) is 0 Å². The summed E-state index contributed by atoms with van der Waals surface area (Å²) in [7, 11) is 4.13. The number of fused-ring (bicyclic) bond motifs is 2. The Morgan fingerprint density at radius 1 is 1.05 bits per heavy atom. The first-order valence-electron chi connectivity index (χ1n) is 7.77. The molecule has 3 rings (SSSR count). The van der Waals surface area contributed by atoms with Crippen LogP contribution in [-0.2, 0) is 17.6 Å². The van der Waals surface area contributed by atoms with Crippen molar-refractivity contribution in [2.75, 3.05) is 27.2 Å². The Kier molecular flexibility index (Phi) is 4.82. The van der Waals surface area contributed by atoms with Gasteiger partial charge in [-0.05, 0) is 61.3 Å². The molecule has 116 valence electrons. The first kappa shape index (κ1) is 15.5. The fourth-order valence-corrected chi connectivity index (χ4v) is 3.21. The van der Waals surface area contributed by atoms with Gasteiger partial charge >= 0.3 is 0 Å². The Balaban J connectivity index is 1.98. The van der Waals surface area contributed by atoms with Crippen molar-refractivity contribution in [1.29, 1.82) is 0 Å². The molecule has 0 spiro atoms. The van der Waals surface area contributed by atoms with Gasteiger partial charge in [-0.1, -0.05) is 41.9 Å². The zero-order valence-electron chi connectivity index (χ0n) is 13.2. The molecule has 0 bridgehead atoms. The zero-order valence-corrected chi connectivity index (χ0v) is 13.9. The van der Waals surface area contributed by atoms with Crippen molar-refractivity contribution in [1.82, 2.24) is 4.90 Å². The van der Waals surface area contributed by atoms with Crippen LogP contribution in [0.15, 0.2) is 42.5 Å². The van der Waals surface area contributed by atoms with Crippen LogP contribution < -0.4 is 0 Å². The number of halogens is 1. The molecule has 1 aliphatic rings. The Hall–Kier alpha value is -1.35. The quantitative estimate of drug-likeness (QED) is 0.842. The number of hydrogen-bond acceptors (Lipinski definition) is 2. The van der Waals surface area contributed by atoms with Crippen molar-refractivity contribution in [2.24, 2.45) is 0 Å². The van der Waals surface area contributed by atoms with Gasteiger partial charge in [0.1, 0.15) is 6.10 Å². The lowest BCUT2D eigenvalue weighted by molar-refractivity contribution is 0.0684. The molecule has 0 fully saturated rings. The van der Waals surface area contributed by atoms with Crippen LogP contribution in [0.25, 0.3) is 0 Å². The Morgan fingerprint density at radius 3 is 2.55 bits per heavy atom. The molecule has 0 amide bonds. The fourth-order valence-electron chi connectivity index (χ4n) is 3.02. The molecule has 2 aromatic rings. The van der Waals surface area contributed by atoms with Crippen molar-refractivity contribution >= 4 is 11.6 Å². The predicted octanol–water partition coefficient (Wildman–Crippen LogP) is 4.11. The van der Waals surface area contributed by atoms with E-state index in [2.05, 4.69) is 55.4 Å². The monoisotopic (exact) mass is 315 g/mol. The molecule has 22 heavy (non-hydrogen) atoms. The second kappa shape index (κ2) is 6.82. The van der Waals surface area contributed by atoms with Gasteiger partial charge in [0, 0.05) is 11.6 Å². The van der Waals surface area contributed by atoms with E-state index in [1.165, 1.54) is 22.3 Å². The molecule has 1 unspecified atom stereocenters. The van der Waals surface area contributed by atoms with Gasteiger partial charge in [-0.25, -0.2) is 0 Å². The number of hydrogen-bond donors (Lipinski definition) is 0. The van der Waals surface area contributed by atoms with Crippen LogP contribution in [0.2, 0.25) is 5.02 Å². The number of nitrogens with zero attached hydrogens (tertiary/aromatic N) is 1. The van der Waals surface area contributed by atoms with Gasteiger partial charge in [0.05, 0.1) is 6.61 Å². The lowest BCUT2D eigenvalue weighted by Gasteiger charge is -2.22. The lowest BCUT2D eigenvalue weighted by Crippen LogP contribution is -2.20. The van der Waals surface area contributed by atoms with Crippen molar-refractivity contribution in [2.45, 2.75) is 18.9 Å². The number of ether oxygens (including phenoxy) is 1. The highest BCUT2D eigenvalue weighted by Gasteiger charge is 2.24. The zero-order chi connectivity index (χ0) is 15.5. The highest BCUT2D eigenvalue weighted by Crippen LogP contribution is 2.36. The molecule has 0 heterocycles. The molecular formula is C19H22ClNO. The summed E-state index contributed by atoms with van der Waals surface area (Å²) in [4.78, 5) is 2.14. The maximum atomic E-state index is 6.28. The summed E-state index contributed by atoms with van der Waals surface area (Å²) in [6.45, 7) is 1.62. The third-order valence-corrected chi connectivity index (χ3v) is 4.45. The van der Waals surface area contributed by atoms with E-state index in [-0.39, 0.29) is 6.10 Å². The van der Waals surface area contributed by atoms with E-state index >= 15 is 0 Å². The third-order valence-electron chi connectivity index (χ3n) is 4.21. The maximum Gasteiger partial charge on any atom is 0.108 e. The summed E-state index contributed by atoms with van der Waals surface area (Å²) in [5, 5.41) is 0.777. The van der Waals surface area contributed by atoms with Gasteiger partial charge in [0.15, 0.2) is 0 Å². The van der Waals surface area contributed by atoms with Crippen LogP contribution in [0.5, 0.6) is 0 Å². The van der Waals surface area contributed by atoms with E-state index in [0.717, 1.165) is 24.4 Å². The molecule has 0 saturated heterocycles. The molecule has 2 nitrogen and oxygen atoms in total. The molecule has 3 heteroatoms. The van der Waals surface area contributed by atoms with Crippen LogP contribution in [-0.4, -0.2) is 32.1 Å². The first-order chi connectivity index (χ1) is 10.6. The summed E-state index contributed by atoms with van der Waals surface area (Å²) in [5.74, 6) is 0. The third kappa shape index (κ3) is 3.35. The van der Waals surface area contributed by atoms with Crippen LogP contribution in [0.1, 0.15) is 28.4 Å². The highest BCUT2D eigenvalue weighted by molar-refractivity contribution is 6.30. The number of likely N-dealkylation sites (N-methyl/N-ethyl adjacent to an activating group) is 1. The number of aryl methyl sites for hydroxylation is 2. The minimum Gasteiger partial charge on any atom is -0.367 e. The molecule has 1 atom stereocenters. The maximum absolute atomic E-state index is 6.28. The van der Waals surface area contributed by atoms with Gasteiger partial charge in [-0.15, -0.1) is 0 Å². The van der Waals surface area contributed by atoms with Gasteiger partial charge < -0.3 is 9.64 Å². The van der Waals surface area contributed by atoms with Crippen molar-refractivity contribution in [3.63, 3.8) is 0 Å². The van der Waals surface area contributed by atoms with Crippen LogP contribution in [0.4, 0.5) is 0 Å². The Labute approximate surface area is 137 Å². The summed E-state index contributed by atoms with van der Waals surface area (Å²) in [6.07, 6.45) is 2.07. The standard InChI is InChI=1S/C19H22ClNO/c1-21(2)11-12-22-19-17-6-4-3-5-14(17)7-8-15-9-10-16(20)13-18(15)19/h3-6,9-10,13,19H,7-8,11-12H2,1-2H3. The van der Waals surface area contributed by atoms with Crippen molar-refractivity contribution < 1.29 is 4.74 Å². The summed E-state index contributed by atoms with van der Waals surface area (Å²) >= 11 is 6.24. The van der Waals surface area contributed by atoms with Crippen molar-refractivity contribution in [3.05, 3.63) is 69.7 Å². The van der Waals surface area contributed by atoms with E-state index in [0.29, 0.717) is 6.61 Å². The van der Waals surface area contributed by atoms with Gasteiger partial charge in [-0.2, -0.15) is 0 Å². The van der Waals surface area contributed by atoms with Crippen LogP contribution in [0.3, 0.4) is 0 Å². The average Bonchev–Trinajstić information content (AvgIpc) is 2.65. The van der Waals surface area contributed by atoms with Gasteiger partial charge in [0.2, 0.25) is 0 Å². The summed E-state index contributed by atoms with van der Waals surface area (Å²) in [5.41, 5.74) is 5.22. The molecule has 1 aliphatic carbocycles. The minimum absolute atomic E-state index is 0.0210. The second-order valence-corrected chi connectivity index (χ2v) is 6.53. The first-order valence-corrected chi connectivity index (χ1v) is 8.15. The molecule has 0 aromatic heterocycles. The summed E-state index contributed by atoms with van der Waals surface area (Å²) < 4.78 is 6.28. The SMILES string of the molecule is CN(C)CCOC1c2ccccc2CCc2ccc(Cl)cc21. The molecular weight excluding hydrogens is 294 g/mol. The van der Waals surface area contributed by atoms with E-state index in [4.69, 9.17) is 16.3 Å². The second-order valence-electron chi connectivity index (χ2n) is 6.10. The minimum atomic E-state index is -0.0210. The molecule has 0 saturated carbocycles. The lowest BCUT2D eigenvalue weighted by atomic mass is 9.97. The Bertz CT molecular complexity index is 654. The summed E-state index contributed by atoms with van der Waals surface area (Å²) in [6, 6.07) is 14.8. The molecule has 2 aromatic carbocycles. The molecule has 0 N–H and O–H groups in total. The predicted molar refractivity (Wildman–Crippen MR) is 91.7 cm³/mol. The topological polar surface area (TPSA) is 12.5 Å². The van der Waals surface area contributed by atoms with Crippen LogP contribution >= 0.6 is 11.6 Å². The van der Waals surface area contributed by atoms with Gasteiger partial charge in [0.25, 0.3) is 0 Å². The van der Waals surface area contributed by atoms with Crippen molar-refractivity contribution in [3.8, 4) is 0 Å². The number of benzene rings is 2. The normalized spacial score (nSPS) is 17.0. The number of rotatable bonds is 4. The Morgan fingerprint density at radius 2 is 1.77 bits per heavy atom. The molecule has 0 aliphatic heterocycles. The highest BCUT2D eigenvalue weighted by atomic mass is 35.5. The average molecular weight is 316 g/mol. The molecule has 0 radical (unpaired) electrons. The van der Waals surface area contributed by atoms with E-state index in [9.17, 15) is 0 Å².